The van der Waals surface area contributed by atoms with Crippen LogP contribution in [0.2, 0.25) is 0 Å². The molecule has 0 saturated heterocycles. The summed E-state index contributed by atoms with van der Waals surface area (Å²) < 4.78 is 0. The fourth-order valence-electron chi connectivity index (χ4n) is 1.26. The molecule has 1 heteroatoms. The molecular weight excluding hydrogens is 91.0 g/mol. The fraction of sp³-hybridized carbons (Fsp3) is 1.00. The molecule has 0 amide bonds. The highest BCUT2D eigenvalue weighted by molar-refractivity contribution is 7.16. The van der Waals surface area contributed by atoms with Crippen LogP contribution in [-0.2, 0) is 0 Å². The molecule has 6 heavy (non-hydrogen) atoms. The zero-order valence-electron chi connectivity index (χ0n) is 3.72. The largest absolute Gasteiger partial charge is 0.137 e. The summed E-state index contributed by atoms with van der Waals surface area (Å²) in [6.45, 7) is 0. The normalized spacial score (nSPS) is 60.5. The molecule has 2 saturated carbocycles. The Hall–Kier alpha value is 0.430. The minimum Gasteiger partial charge on any atom is -0.137 e. The van der Waals surface area contributed by atoms with Crippen LogP contribution in [0.5, 0.6) is 0 Å². The van der Waals surface area contributed by atoms with Crippen LogP contribution in [0.3, 0.4) is 0 Å². The SMILES string of the molecule is PCC1C2CC12. The standard InChI is InChI=1S/C5H9P/c6-2-5-3-1-4(3)5/h3-5H,1-2,6H2. The molecular formula is C5H9P. The van der Waals surface area contributed by atoms with Gasteiger partial charge >= 0.3 is 0 Å². The summed E-state index contributed by atoms with van der Waals surface area (Å²) >= 11 is 0. The van der Waals surface area contributed by atoms with Crippen molar-refractivity contribution in [1.82, 2.24) is 0 Å². The molecule has 0 spiro atoms. The number of hydrogen-bond acceptors (Lipinski definition) is 0. The molecule has 2 aliphatic rings. The van der Waals surface area contributed by atoms with E-state index in [0.29, 0.717) is 0 Å². The van der Waals surface area contributed by atoms with Gasteiger partial charge in [0, 0.05) is 0 Å². The van der Waals surface area contributed by atoms with Crippen molar-refractivity contribution >= 4 is 9.24 Å². The van der Waals surface area contributed by atoms with Crippen molar-refractivity contribution in [3.05, 3.63) is 0 Å². The van der Waals surface area contributed by atoms with Gasteiger partial charge in [-0.25, -0.2) is 0 Å². The Morgan fingerprint density at radius 3 is 2.17 bits per heavy atom. The van der Waals surface area contributed by atoms with Crippen molar-refractivity contribution in [2.45, 2.75) is 6.42 Å². The van der Waals surface area contributed by atoms with Crippen molar-refractivity contribution in [2.75, 3.05) is 6.16 Å². The molecule has 0 heterocycles. The highest BCUT2D eigenvalue weighted by Crippen LogP contribution is 2.68. The van der Waals surface area contributed by atoms with Gasteiger partial charge in [-0.15, -0.1) is 9.24 Å². The molecule has 2 rings (SSSR count). The van der Waals surface area contributed by atoms with Gasteiger partial charge in [0.1, 0.15) is 0 Å². The Bertz CT molecular complexity index is 72.0. The van der Waals surface area contributed by atoms with E-state index >= 15 is 0 Å². The summed E-state index contributed by atoms with van der Waals surface area (Å²) in [5, 5.41) is 0. The lowest BCUT2D eigenvalue weighted by molar-refractivity contribution is 0.690. The number of hydrogen-bond donors (Lipinski definition) is 0. The van der Waals surface area contributed by atoms with Crippen LogP contribution in [0.15, 0.2) is 0 Å². The van der Waals surface area contributed by atoms with Crippen LogP contribution >= 0.6 is 9.24 Å². The molecule has 0 aliphatic heterocycles. The van der Waals surface area contributed by atoms with Gasteiger partial charge in [0.05, 0.1) is 0 Å². The summed E-state index contributed by atoms with van der Waals surface area (Å²) in [6.07, 6.45) is 2.94. The Kier molecular flexibility index (Phi) is 0.467. The third-order valence-corrected chi connectivity index (χ3v) is 2.67. The Morgan fingerprint density at radius 1 is 1.50 bits per heavy atom. The van der Waals surface area contributed by atoms with Gasteiger partial charge in [-0.1, -0.05) is 0 Å². The summed E-state index contributed by atoms with van der Waals surface area (Å²) in [5.41, 5.74) is 0. The lowest BCUT2D eigenvalue weighted by Gasteiger charge is -1.91. The average molecular weight is 100 g/mol. The van der Waals surface area contributed by atoms with Crippen molar-refractivity contribution < 1.29 is 0 Å². The molecule has 0 radical (unpaired) electrons. The second kappa shape index (κ2) is 0.816. The average Bonchev–Trinajstić information content (AvgIpc) is 2.12. The molecule has 0 aromatic rings. The molecule has 2 aliphatic carbocycles. The molecule has 3 unspecified atom stereocenters. The van der Waals surface area contributed by atoms with Gasteiger partial charge in [-0.3, -0.25) is 0 Å². The van der Waals surface area contributed by atoms with Gasteiger partial charge in [0.15, 0.2) is 0 Å². The van der Waals surface area contributed by atoms with E-state index in [1.165, 1.54) is 18.0 Å². The lowest BCUT2D eigenvalue weighted by atomic mass is 10.2. The van der Waals surface area contributed by atoms with Gasteiger partial charge in [-0.05, 0) is 30.3 Å². The van der Waals surface area contributed by atoms with Crippen LogP contribution in [0.1, 0.15) is 6.42 Å². The van der Waals surface area contributed by atoms with Crippen LogP contribution in [0, 0.1) is 17.8 Å². The Balaban J connectivity index is 1.92. The van der Waals surface area contributed by atoms with Crippen molar-refractivity contribution in [1.29, 1.82) is 0 Å². The van der Waals surface area contributed by atoms with Crippen molar-refractivity contribution in [3.8, 4) is 0 Å². The number of fused-ring (bicyclic) bond motifs is 1. The maximum Gasteiger partial charge on any atom is -0.0317 e. The predicted octanol–water partition coefficient (Wildman–Crippen LogP) is 1.13. The quantitative estimate of drug-likeness (QED) is 0.433. The Morgan fingerprint density at radius 2 is 2.17 bits per heavy atom. The van der Waals surface area contributed by atoms with E-state index < -0.39 is 0 Å². The lowest BCUT2D eigenvalue weighted by Crippen LogP contribution is -1.86. The molecule has 3 atom stereocenters. The second-order valence-electron chi connectivity index (χ2n) is 2.46. The minimum atomic E-state index is 1.16. The van der Waals surface area contributed by atoms with Gasteiger partial charge in [0.25, 0.3) is 0 Å². The van der Waals surface area contributed by atoms with Crippen molar-refractivity contribution in [3.63, 3.8) is 0 Å². The fourth-order valence-corrected chi connectivity index (χ4v) is 1.96. The molecule has 0 aromatic carbocycles. The van der Waals surface area contributed by atoms with E-state index in [1.54, 1.807) is 6.42 Å². The minimum absolute atomic E-state index is 1.16. The van der Waals surface area contributed by atoms with E-state index in [4.69, 9.17) is 0 Å². The molecule has 0 nitrogen and oxygen atoms in total. The first kappa shape index (κ1) is 3.43. The molecule has 34 valence electrons. The molecule has 0 N–H and O–H groups in total. The van der Waals surface area contributed by atoms with Gasteiger partial charge in [0.2, 0.25) is 0 Å². The summed E-state index contributed by atoms with van der Waals surface area (Å²) in [6, 6.07) is 0. The monoisotopic (exact) mass is 100 g/mol. The topological polar surface area (TPSA) is 0 Å². The van der Waals surface area contributed by atoms with Crippen LogP contribution in [0.4, 0.5) is 0 Å². The second-order valence-corrected chi connectivity index (χ2v) is 2.93. The van der Waals surface area contributed by atoms with Crippen molar-refractivity contribution in [2.24, 2.45) is 17.8 Å². The van der Waals surface area contributed by atoms with E-state index in [-0.39, 0.29) is 0 Å². The molecule has 2 fully saturated rings. The van der Waals surface area contributed by atoms with Crippen LogP contribution in [0.25, 0.3) is 0 Å². The van der Waals surface area contributed by atoms with Crippen LogP contribution < -0.4 is 0 Å². The zero-order valence-corrected chi connectivity index (χ0v) is 4.88. The van der Waals surface area contributed by atoms with E-state index in [2.05, 4.69) is 9.24 Å². The van der Waals surface area contributed by atoms with Gasteiger partial charge < -0.3 is 0 Å². The third kappa shape index (κ3) is 0.250. The highest BCUT2D eigenvalue weighted by atomic mass is 31.0. The smallest absolute Gasteiger partial charge is 0.0317 e. The predicted molar refractivity (Wildman–Crippen MR) is 29.7 cm³/mol. The maximum absolute atomic E-state index is 2.81. The zero-order chi connectivity index (χ0) is 4.15. The van der Waals surface area contributed by atoms with E-state index in [9.17, 15) is 0 Å². The summed E-state index contributed by atoms with van der Waals surface area (Å²) in [7, 11) is 2.81. The van der Waals surface area contributed by atoms with Crippen LogP contribution in [-0.4, -0.2) is 6.16 Å². The first-order valence-corrected chi connectivity index (χ1v) is 3.45. The first-order valence-electron chi connectivity index (χ1n) is 2.63. The number of rotatable bonds is 1. The summed E-state index contributed by atoms with van der Waals surface area (Å²) in [5.74, 6) is 3.58. The molecule has 0 bridgehead atoms. The van der Waals surface area contributed by atoms with E-state index in [1.807, 2.05) is 0 Å². The van der Waals surface area contributed by atoms with E-state index in [0.717, 1.165) is 5.92 Å². The molecule has 0 aromatic heterocycles. The Labute approximate surface area is 40.5 Å². The maximum atomic E-state index is 2.81. The third-order valence-electron chi connectivity index (χ3n) is 2.12. The highest BCUT2D eigenvalue weighted by Gasteiger charge is 2.62. The summed E-state index contributed by atoms with van der Waals surface area (Å²) in [4.78, 5) is 0. The first-order chi connectivity index (χ1) is 2.93. The van der Waals surface area contributed by atoms with Gasteiger partial charge in [-0.2, -0.15) is 0 Å².